The summed E-state index contributed by atoms with van der Waals surface area (Å²) >= 11 is 3.34. The number of imide groups is 1. The SMILES string of the molecule is C[C@H](NC(=O)Nc1ccc(Br)cc1)N1C(=O)[C@@H]2[C@@H](C1=O)[C@H]1C=C[C@H]2CC1. The van der Waals surface area contributed by atoms with Crippen LogP contribution in [0.3, 0.4) is 0 Å². The molecule has 1 heterocycles. The van der Waals surface area contributed by atoms with Gasteiger partial charge in [-0.15, -0.1) is 0 Å². The summed E-state index contributed by atoms with van der Waals surface area (Å²) in [5.74, 6) is -0.536. The van der Waals surface area contributed by atoms with Crippen LogP contribution >= 0.6 is 15.9 Å². The molecule has 2 bridgehead atoms. The average Bonchev–Trinajstić information content (AvgIpc) is 2.91. The molecule has 0 radical (unpaired) electrons. The van der Waals surface area contributed by atoms with Crippen LogP contribution in [0.5, 0.6) is 0 Å². The minimum atomic E-state index is -0.685. The number of benzene rings is 1. The number of hydrogen-bond acceptors (Lipinski definition) is 3. The average molecular weight is 418 g/mol. The van der Waals surface area contributed by atoms with Crippen molar-refractivity contribution in [2.45, 2.75) is 25.9 Å². The Morgan fingerprint density at radius 2 is 1.62 bits per heavy atom. The van der Waals surface area contributed by atoms with E-state index in [4.69, 9.17) is 0 Å². The van der Waals surface area contributed by atoms with Crippen molar-refractivity contribution in [1.82, 2.24) is 10.2 Å². The molecule has 0 spiro atoms. The van der Waals surface area contributed by atoms with E-state index in [1.54, 1.807) is 19.1 Å². The summed E-state index contributed by atoms with van der Waals surface area (Å²) in [4.78, 5) is 39.2. The standard InChI is InChI=1S/C19H20BrN3O3/c1-10(21-19(26)22-14-8-6-13(20)7-9-14)23-17(24)15-11-2-3-12(5-4-11)16(15)18(23)25/h2-3,6-12,15-16H,4-5H2,1H3,(H2,21,22,26)/t10-,11+,12+,15+,16+/m1/s1. The zero-order valence-electron chi connectivity index (χ0n) is 14.3. The van der Waals surface area contributed by atoms with Gasteiger partial charge in [0.25, 0.3) is 0 Å². The summed E-state index contributed by atoms with van der Waals surface area (Å²) < 4.78 is 0.913. The van der Waals surface area contributed by atoms with Gasteiger partial charge in [0.05, 0.1) is 11.8 Å². The second-order valence-corrected chi connectivity index (χ2v) is 8.09. The maximum absolute atomic E-state index is 12.9. The van der Waals surface area contributed by atoms with Crippen molar-refractivity contribution in [2.75, 3.05) is 5.32 Å². The molecular formula is C19H20BrN3O3. The predicted molar refractivity (Wildman–Crippen MR) is 99.9 cm³/mol. The minimum Gasteiger partial charge on any atom is -0.317 e. The maximum Gasteiger partial charge on any atom is 0.320 e. The first kappa shape index (κ1) is 17.3. The Morgan fingerprint density at radius 1 is 1.08 bits per heavy atom. The first-order valence-electron chi connectivity index (χ1n) is 8.84. The summed E-state index contributed by atoms with van der Waals surface area (Å²) in [5.41, 5.74) is 0.632. The molecule has 5 atom stereocenters. The maximum atomic E-state index is 12.9. The fourth-order valence-corrected chi connectivity index (χ4v) is 4.70. The Morgan fingerprint density at radius 3 is 2.12 bits per heavy atom. The number of amides is 4. The number of carbonyl (C=O) groups excluding carboxylic acids is 3. The molecule has 4 amide bonds. The van der Waals surface area contributed by atoms with Gasteiger partial charge < -0.3 is 10.6 Å². The van der Waals surface area contributed by atoms with E-state index in [2.05, 4.69) is 38.7 Å². The normalized spacial score (nSPS) is 30.3. The van der Waals surface area contributed by atoms with E-state index < -0.39 is 12.2 Å². The second-order valence-electron chi connectivity index (χ2n) is 7.17. The number of nitrogens with one attached hydrogen (secondary N) is 2. The van der Waals surface area contributed by atoms with Gasteiger partial charge in [-0.1, -0.05) is 28.1 Å². The number of rotatable bonds is 3. The lowest BCUT2D eigenvalue weighted by atomic mass is 9.63. The highest BCUT2D eigenvalue weighted by molar-refractivity contribution is 9.10. The number of fused-ring (bicyclic) bond motifs is 1. The topological polar surface area (TPSA) is 78.5 Å². The molecule has 1 aliphatic heterocycles. The van der Waals surface area contributed by atoms with Crippen LogP contribution in [0, 0.1) is 23.7 Å². The number of allylic oxidation sites excluding steroid dienone is 2. The number of likely N-dealkylation sites (tertiary alicyclic amines) is 1. The molecule has 1 aromatic rings. The van der Waals surface area contributed by atoms with Crippen LogP contribution in [0.15, 0.2) is 40.9 Å². The molecule has 3 aliphatic carbocycles. The largest absolute Gasteiger partial charge is 0.320 e. The van der Waals surface area contributed by atoms with Gasteiger partial charge in [-0.25, -0.2) is 4.79 Å². The number of hydrogen-bond donors (Lipinski definition) is 2. The van der Waals surface area contributed by atoms with Crippen molar-refractivity contribution in [3.05, 3.63) is 40.9 Å². The van der Waals surface area contributed by atoms with E-state index in [1.807, 2.05) is 12.1 Å². The van der Waals surface area contributed by atoms with Gasteiger partial charge in [-0.3, -0.25) is 14.5 Å². The third-order valence-electron chi connectivity index (χ3n) is 5.62. The van der Waals surface area contributed by atoms with Gasteiger partial charge in [-0.05, 0) is 55.9 Å². The summed E-state index contributed by atoms with van der Waals surface area (Å²) in [7, 11) is 0. The smallest absolute Gasteiger partial charge is 0.317 e. The van der Waals surface area contributed by atoms with Crippen LogP contribution in [-0.2, 0) is 9.59 Å². The highest BCUT2D eigenvalue weighted by Gasteiger charge is 2.57. The number of nitrogens with zero attached hydrogens (tertiary/aromatic N) is 1. The van der Waals surface area contributed by atoms with Gasteiger partial charge >= 0.3 is 6.03 Å². The lowest BCUT2D eigenvalue weighted by molar-refractivity contribution is -0.142. The van der Waals surface area contributed by atoms with Gasteiger partial charge in [0.2, 0.25) is 11.8 Å². The third kappa shape index (κ3) is 2.84. The molecule has 136 valence electrons. The van der Waals surface area contributed by atoms with Crippen LogP contribution in [0.25, 0.3) is 0 Å². The quantitative estimate of drug-likeness (QED) is 0.585. The van der Waals surface area contributed by atoms with Gasteiger partial charge in [0, 0.05) is 10.2 Å². The van der Waals surface area contributed by atoms with Gasteiger partial charge in [-0.2, -0.15) is 0 Å². The molecule has 1 saturated heterocycles. The minimum absolute atomic E-state index is 0.148. The summed E-state index contributed by atoms with van der Waals surface area (Å²) in [6.45, 7) is 1.67. The lowest BCUT2D eigenvalue weighted by Gasteiger charge is -2.38. The van der Waals surface area contributed by atoms with E-state index in [0.29, 0.717) is 5.69 Å². The molecule has 4 aliphatic rings. The summed E-state index contributed by atoms with van der Waals surface area (Å²) in [6, 6.07) is 6.72. The summed E-state index contributed by atoms with van der Waals surface area (Å²) in [5, 5.41) is 5.42. The molecule has 1 saturated carbocycles. The molecule has 2 N–H and O–H groups in total. The molecule has 0 aromatic heterocycles. The molecule has 7 heteroatoms. The van der Waals surface area contributed by atoms with E-state index in [0.717, 1.165) is 17.3 Å². The third-order valence-corrected chi connectivity index (χ3v) is 6.15. The zero-order chi connectivity index (χ0) is 18.4. The van der Waals surface area contributed by atoms with Crippen LogP contribution in [-0.4, -0.2) is 28.9 Å². The second kappa shape index (κ2) is 6.54. The molecule has 2 fully saturated rings. The Bertz CT molecular complexity index is 760. The number of anilines is 1. The predicted octanol–water partition coefficient (Wildman–Crippen LogP) is 3.11. The fourth-order valence-electron chi connectivity index (χ4n) is 4.43. The Balaban J connectivity index is 1.44. The van der Waals surface area contributed by atoms with E-state index >= 15 is 0 Å². The van der Waals surface area contributed by atoms with Crippen LogP contribution in [0.4, 0.5) is 10.5 Å². The van der Waals surface area contributed by atoms with Crippen molar-refractivity contribution in [3.63, 3.8) is 0 Å². The van der Waals surface area contributed by atoms with Crippen molar-refractivity contribution < 1.29 is 14.4 Å². The molecule has 0 unspecified atom stereocenters. The van der Waals surface area contributed by atoms with Crippen LogP contribution in [0.2, 0.25) is 0 Å². The number of carbonyl (C=O) groups is 3. The highest BCUT2D eigenvalue weighted by Crippen LogP contribution is 2.49. The van der Waals surface area contributed by atoms with Crippen molar-refractivity contribution in [3.8, 4) is 0 Å². The summed E-state index contributed by atoms with van der Waals surface area (Å²) in [6.07, 6.45) is 5.41. The Hall–Kier alpha value is -2.15. The first-order valence-corrected chi connectivity index (χ1v) is 9.63. The lowest BCUT2D eigenvalue weighted by Crippen LogP contribution is -2.50. The molecule has 26 heavy (non-hydrogen) atoms. The van der Waals surface area contributed by atoms with Gasteiger partial charge in [0.1, 0.15) is 6.17 Å². The van der Waals surface area contributed by atoms with Crippen molar-refractivity contribution in [1.29, 1.82) is 0 Å². The number of urea groups is 1. The Labute approximate surface area is 160 Å². The molecule has 1 aromatic carbocycles. The van der Waals surface area contributed by atoms with Crippen LogP contribution in [0.1, 0.15) is 19.8 Å². The monoisotopic (exact) mass is 417 g/mol. The van der Waals surface area contributed by atoms with Crippen molar-refractivity contribution >= 4 is 39.5 Å². The van der Waals surface area contributed by atoms with Gasteiger partial charge in [0.15, 0.2) is 0 Å². The van der Waals surface area contributed by atoms with E-state index in [9.17, 15) is 14.4 Å². The van der Waals surface area contributed by atoms with Crippen molar-refractivity contribution in [2.24, 2.45) is 23.7 Å². The molecule has 5 rings (SSSR count). The Kier molecular flexibility index (Phi) is 4.34. The first-order chi connectivity index (χ1) is 12.5. The fraction of sp³-hybridized carbons (Fsp3) is 0.421. The van der Waals surface area contributed by atoms with E-state index in [1.165, 1.54) is 4.90 Å². The molecular weight excluding hydrogens is 398 g/mol. The van der Waals surface area contributed by atoms with E-state index in [-0.39, 0.29) is 35.5 Å². The zero-order valence-corrected chi connectivity index (χ0v) is 15.9. The highest BCUT2D eigenvalue weighted by atomic mass is 79.9. The molecule has 6 nitrogen and oxygen atoms in total. The van der Waals surface area contributed by atoms with Crippen LogP contribution < -0.4 is 10.6 Å². The number of halogens is 1.